The lowest BCUT2D eigenvalue weighted by molar-refractivity contribution is -0.137. The second kappa shape index (κ2) is 8.76. The highest BCUT2D eigenvalue weighted by Gasteiger charge is 2.31. The summed E-state index contributed by atoms with van der Waals surface area (Å²) in [6.07, 6.45) is -4.43. The van der Waals surface area contributed by atoms with E-state index in [4.69, 9.17) is 4.52 Å². The first kappa shape index (κ1) is 21.5. The molecule has 3 aromatic rings. The Morgan fingerprint density at radius 2 is 1.77 bits per heavy atom. The van der Waals surface area contributed by atoms with Gasteiger partial charge in [0.1, 0.15) is 5.82 Å². The Kier molecular flexibility index (Phi) is 6.06. The molecule has 9 heteroatoms. The van der Waals surface area contributed by atoms with Gasteiger partial charge in [0.05, 0.1) is 11.6 Å². The normalized spacial score (nSPS) is 17.1. The fourth-order valence-electron chi connectivity index (χ4n) is 3.69. The average Bonchev–Trinajstić information content (AvgIpc) is 3.25. The molecule has 164 valence electrons. The van der Waals surface area contributed by atoms with Crippen LogP contribution in [0.4, 0.5) is 17.6 Å². The monoisotopic (exact) mass is 434 g/mol. The highest BCUT2D eigenvalue weighted by Crippen LogP contribution is 2.32. The number of hydrogen-bond donors (Lipinski definition) is 0. The molecule has 1 unspecified atom stereocenters. The van der Waals surface area contributed by atoms with Crippen molar-refractivity contribution in [1.29, 1.82) is 0 Å². The molecule has 0 N–H and O–H groups in total. The van der Waals surface area contributed by atoms with Gasteiger partial charge in [0.2, 0.25) is 11.7 Å². The van der Waals surface area contributed by atoms with Crippen LogP contribution in [0.5, 0.6) is 0 Å². The Hall–Kier alpha value is -2.78. The first-order valence-electron chi connectivity index (χ1n) is 10.0. The van der Waals surface area contributed by atoms with Gasteiger partial charge in [-0.2, -0.15) is 18.2 Å². The lowest BCUT2D eigenvalue weighted by atomic mass is 10.1. The van der Waals surface area contributed by atoms with Crippen LogP contribution in [-0.2, 0) is 12.7 Å². The van der Waals surface area contributed by atoms with Gasteiger partial charge in [0.15, 0.2) is 0 Å². The van der Waals surface area contributed by atoms with Crippen LogP contribution in [0.15, 0.2) is 53.1 Å². The first-order chi connectivity index (χ1) is 14.8. The molecule has 1 aliphatic heterocycles. The average molecular weight is 434 g/mol. The van der Waals surface area contributed by atoms with Crippen LogP contribution < -0.4 is 0 Å². The van der Waals surface area contributed by atoms with Crippen molar-refractivity contribution in [3.63, 3.8) is 0 Å². The highest BCUT2D eigenvalue weighted by molar-refractivity contribution is 5.55. The SMILES string of the molecule is CC(c1nc(-c2cccc(C(F)(F)F)c2)no1)N1CCN(Cc2ccccc2F)CC1. The Labute approximate surface area is 177 Å². The smallest absolute Gasteiger partial charge is 0.337 e. The summed E-state index contributed by atoms with van der Waals surface area (Å²) >= 11 is 0. The summed E-state index contributed by atoms with van der Waals surface area (Å²) in [7, 11) is 0. The zero-order valence-corrected chi connectivity index (χ0v) is 16.9. The van der Waals surface area contributed by atoms with Crippen LogP contribution in [0.25, 0.3) is 11.4 Å². The molecule has 0 spiro atoms. The van der Waals surface area contributed by atoms with Crippen molar-refractivity contribution in [3.05, 3.63) is 71.4 Å². The van der Waals surface area contributed by atoms with Gasteiger partial charge in [0, 0.05) is 43.9 Å². The zero-order chi connectivity index (χ0) is 22.0. The molecular formula is C22H22F4N4O. The van der Waals surface area contributed by atoms with Crippen molar-refractivity contribution in [2.75, 3.05) is 26.2 Å². The van der Waals surface area contributed by atoms with E-state index in [0.29, 0.717) is 18.0 Å². The van der Waals surface area contributed by atoms with Gasteiger partial charge in [0.25, 0.3) is 0 Å². The van der Waals surface area contributed by atoms with E-state index >= 15 is 0 Å². The lowest BCUT2D eigenvalue weighted by Crippen LogP contribution is -2.46. The Morgan fingerprint density at radius 3 is 2.48 bits per heavy atom. The van der Waals surface area contributed by atoms with Gasteiger partial charge in [-0.25, -0.2) is 4.39 Å². The van der Waals surface area contributed by atoms with E-state index in [2.05, 4.69) is 19.9 Å². The highest BCUT2D eigenvalue weighted by atomic mass is 19.4. The summed E-state index contributed by atoms with van der Waals surface area (Å²) in [5.74, 6) is 0.285. The topological polar surface area (TPSA) is 45.4 Å². The molecular weight excluding hydrogens is 412 g/mol. The Morgan fingerprint density at radius 1 is 1.03 bits per heavy atom. The van der Waals surface area contributed by atoms with Gasteiger partial charge in [-0.05, 0) is 25.1 Å². The van der Waals surface area contributed by atoms with Crippen LogP contribution in [0.2, 0.25) is 0 Å². The molecule has 0 aliphatic carbocycles. The number of nitrogens with zero attached hydrogens (tertiary/aromatic N) is 4. The molecule has 0 amide bonds. The molecule has 0 radical (unpaired) electrons. The van der Waals surface area contributed by atoms with Crippen molar-refractivity contribution in [3.8, 4) is 11.4 Å². The van der Waals surface area contributed by atoms with Gasteiger partial charge >= 0.3 is 6.18 Å². The van der Waals surface area contributed by atoms with Gasteiger partial charge in [-0.3, -0.25) is 9.80 Å². The molecule has 1 saturated heterocycles. The van der Waals surface area contributed by atoms with Crippen LogP contribution in [-0.4, -0.2) is 46.1 Å². The molecule has 0 bridgehead atoms. The third-order valence-electron chi connectivity index (χ3n) is 5.55. The van der Waals surface area contributed by atoms with Crippen molar-refractivity contribution in [2.24, 2.45) is 0 Å². The van der Waals surface area contributed by atoms with Crippen molar-refractivity contribution < 1.29 is 22.1 Å². The Bertz CT molecular complexity index is 1030. The third kappa shape index (κ3) is 4.94. The molecule has 5 nitrogen and oxygen atoms in total. The number of halogens is 4. The molecule has 1 fully saturated rings. The van der Waals surface area contributed by atoms with Crippen LogP contribution in [0.3, 0.4) is 0 Å². The van der Waals surface area contributed by atoms with Gasteiger partial charge in [-0.15, -0.1) is 0 Å². The van der Waals surface area contributed by atoms with E-state index in [1.807, 2.05) is 13.0 Å². The van der Waals surface area contributed by atoms with E-state index in [1.165, 1.54) is 18.2 Å². The summed E-state index contributed by atoms with van der Waals surface area (Å²) < 4.78 is 58.1. The summed E-state index contributed by atoms with van der Waals surface area (Å²) in [5, 5.41) is 3.87. The maximum atomic E-state index is 13.9. The largest absolute Gasteiger partial charge is 0.416 e. The minimum Gasteiger partial charge on any atom is -0.337 e. The number of benzene rings is 2. The maximum absolute atomic E-state index is 13.9. The van der Waals surface area contributed by atoms with E-state index in [9.17, 15) is 17.6 Å². The van der Waals surface area contributed by atoms with Crippen LogP contribution in [0.1, 0.15) is 30.0 Å². The minimum atomic E-state index is -4.43. The molecule has 1 atom stereocenters. The van der Waals surface area contributed by atoms with E-state index in [0.717, 1.165) is 38.3 Å². The van der Waals surface area contributed by atoms with Crippen molar-refractivity contribution >= 4 is 0 Å². The molecule has 1 aromatic heterocycles. The first-order valence-corrected chi connectivity index (χ1v) is 10.0. The number of piperazine rings is 1. The fourth-order valence-corrected chi connectivity index (χ4v) is 3.69. The summed E-state index contributed by atoms with van der Waals surface area (Å²) in [6, 6.07) is 11.5. The van der Waals surface area contributed by atoms with E-state index < -0.39 is 11.7 Å². The molecule has 2 aromatic carbocycles. The maximum Gasteiger partial charge on any atom is 0.416 e. The zero-order valence-electron chi connectivity index (χ0n) is 16.9. The second-order valence-electron chi connectivity index (χ2n) is 7.61. The summed E-state index contributed by atoms with van der Waals surface area (Å²) in [6.45, 7) is 5.46. The quantitative estimate of drug-likeness (QED) is 0.541. The van der Waals surface area contributed by atoms with Gasteiger partial charge < -0.3 is 4.52 Å². The van der Waals surface area contributed by atoms with E-state index in [1.54, 1.807) is 12.1 Å². The number of rotatable bonds is 5. The van der Waals surface area contributed by atoms with Gasteiger partial charge in [-0.1, -0.05) is 35.5 Å². The number of hydrogen-bond acceptors (Lipinski definition) is 5. The molecule has 1 aliphatic rings. The van der Waals surface area contributed by atoms with Crippen molar-refractivity contribution in [1.82, 2.24) is 19.9 Å². The number of alkyl halides is 3. The lowest BCUT2D eigenvalue weighted by Gasteiger charge is -2.36. The number of aromatic nitrogens is 2. The second-order valence-corrected chi connectivity index (χ2v) is 7.61. The predicted molar refractivity (Wildman–Crippen MR) is 106 cm³/mol. The standard InChI is InChI=1S/C22H22F4N4O/c1-15(30-11-9-29(10-12-30)14-17-5-2-3-8-19(17)23)21-27-20(28-31-21)16-6-4-7-18(13-16)22(24,25)26/h2-8,13,15H,9-12,14H2,1H3. The Balaban J connectivity index is 1.39. The fraction of sp³-hybridized carbons (Fsp3) is 0.364. The molecule has 2 heterocycles. The summed E-state index contributed by atoms with van der Waals surface area (Å²) in [5.41, 5.74) is 0.175. The summed E-state index contributed by atoms with van der Waals surface area (Å²) in [4.78, 5) is 8.68. The molecule has 31 heavy (non-hydrogen) atoms. The van der Waals surface area contributed by atoms with Crippen LogP contribution in [0, 0.1) is 5.82 Å². The van der Waals surface area contributed by atoms with E-state index in [-0.39, 0.29) is 23.2 Å². The predicted octanol–water partition coefficient (Wildman–Crippen LogP) is 4.77. The minimum absolute atomic E-state index is 0.131. The molecule has 4 rings (SSSR count). The molecule has 0 saturated carbocycles. The van der Waals surface area contributed by atoms with Crippen LogP contribution >= 0.6 is 0 Å². The van der Waals surface area contributed by atoms with Crippen molar-refractivity contribution in [2.45, 2.75) is 25.7 Å². The third-order valence-corrected chi connectivity index (χ3v) is 5.55.